The van der Waals surface area contributed by atoms with E-state index in [0.29, 0.717) is 6.04 Å². The van der Waals surface area contributed by atoms with Crippen LogP contribution in [-0.2, 0) is 5.54 Å². The molecular formula is C17H21NO2S. The van der Waals surface area contributed by atoms with Crippen molar-refractivity contribution in [3.63, 3.8) is 0 Å². The topological polar surface area (TPSA) is 45.4 Å². The second kappa shape index (κ2) is 6.26. The largest absolute Gasteiger partial charge is 0.468 e. The molecule has 1 heterocycles. The molecule has 1 aromatic heterocycles. The van der Waals surface area contributed by atoms with E-state index in [1.54, 1.807) is 18.0 Å². The van der Waals surface area contributed by atoms with Crippen LogP contribution in [0.3, 0.4) is 0 Å². The van der Waals surface area contributed by atoms with Crippen LogP contribution in [-0.4, -0.2) is 23.5 Å². The second-order valence-electron chi connectivity index (χ2n) is 5.65. The molecule has 1 aliphatic carbocycles. The summed E-state index contributed by atoms with van der Waals surface area (Å²) in [6.45, 7) is 2.07. The highest BCUT2D eigenvalue weighted by atomic mass is 32.2. The third-order valence-corrected chi connectivity index (χ3v) is 5.31. The summed E-state index contributed by atoms with van der Waals surface area (Å²) in [5.74, 6) is 1.72. The van der Waals surface area contributed by atoms with Crippen LogP contribution in [0.15, 0.2) is 52.0 Å². The van der Waals surface area contributed by atoms with Crippen molar-refractivity contribution in [3.8, 4) is 0 Å². The van der Waals surface area contributed by atoms with E-state index in [1.807, 2.05) is 31.2 Å². The Morgan fingerprint density at radius 1 is 1.29 bits per heavy atom. The van der Waals surface area contributed by atoms with Gasteiger partial charge in [0.05, 0.1) is 18.4 Å². The maximum atomic E-state index is 10.1. The molecule has 112 valence electrons. The molecule has 2 aromatic rings. The molecule has 0 radical (unpaired) electrons. The number of aryl methyl sites for hydroxylation is 1. The molecule has 0 amide bonds. The summed E-state index contributed by atoms with van der Waals surface area (Å²) in [5.41, 5.74) is 0.754. The molecule has 1 saturated carbocycles. The van der Waals surface area contributed by atoms with Crippen LogP contribution >= 0.6 is 11.8 Å². The van der Waals surface area contributed by atoms with Gasteiger partial charge >= 0.3 is 0 Å². The van der Waals surface area contributed by atoms with Crippen molar-refractivity contribution >= 4 is 11.8 Å². The average molecular weight is 303 g/mol. The molecule has 2 N–H and O–H groups in total. The predicted molar refractivity (Wildman–Crippen MR) is 85.5 cm³/mol. The minimum absolute atomic E-state index is 0.0947. The van der Waals surface area contributed by atoms with Crippen LogP contribution in [0.1, 0.15) is 24.2 Å². The van der Waals surface area contributed by atoms with Crippen molar-refractivity contribution in [2.24, 2.45) is 0 Å². The van der Waals surface area contributed by atoms with Crippen molar-refractivity contribution < 1.29 is 9.52 Å². The van der Waals surface area contributed by atoms with Crippen LogP contribution in [0.25, 0.3) is 0 Å². The van der Waals surface area contributed by atoms with Crippen LogP contribution in [0, 0.1) is 6.92 Å². The SMILES string of the molecule is Cc1occc1SCC(CO)(NC1CC1)c1ccccc1. The molecule has 1 fully saturated rings. The van der Waals surface area contributed by atoms with Gasteiger partial charge in [0.1, 0.15) is 5.76 Å². The van der Waals surface area contributed by atoms with Crippen molar-refractivity contribution in [1.29, 1.82) is 0 Å². The van der Waals surface area contributed by atoms with E-state index in [4.69, 9.17) is 4.42 Å². The highest BCUT2D eigenvalue weighted by Crippen LogP contribution is 2.34. The van der Waals surface area contributed by atoms with E-state index in [1.165, 1.54) is 12.8 Å². The third-order valence-electron chi connectivity index (χ3n) is 3.94. The zero-order chi connectivity index (χ0) is 14.7. The zero-order valence-corrected chi connectivity index (χ0v) is 13.0. The van der Waals surface area contributed by atoms with Crippen molar-refractivity contribution in [1.82, 2.24) is 5.32 Å². The number of hydrogen-bond acceptors (Lipinski definition) is 4. The standard InChI is InChI=1S/C17H21NO2S/c1-13-16(9-10-20-13)21-12-17(11-19,18-15-7-8-15)14-5-3-2-4-6-14/h2-6,9-10,15,18-19H,7-8,11-12H2,1H3. The molecule has 4 heteroatoms. The van der Waals surface area contributed by atoms with Crippen molar-refractivity contribution in [2.75, 3.05) is 12.4 Å². The van der Waals surface area contributed by atoms with Gasteiger partial charge in [-0.3, -0.25) is 0 Å². The van der Waals surface area contributed by atoms with E-state index in [2.05, 4.69) is 17.4 Å². The minimum Gasteiger partial charge on any atom is -0.468 e. The molecule has 1 aromatic carbocycles. The number of aliphatic hydroxyl groups excluding tert-OH is 1. The summed E-state index contributed by atoms with van der Waals surface area (Å²) in [6.07, 6.45) is 4.11. The number of rotatable bonds is 7. The predicted octanol–water partition coefficient (Wildman–Crippen LogP) is 3.32. The maximum absolute atomic E-state index is 10.1. The fourth-order valence-electron chi connectivity index (χ4n) is 2.49. The molecule has 3 rings (SSSR count). The Morgan fingerprint density at radius 3 is 2.62 bits per heavy atom. The highest BCUT2D eigenvalue weighted by Gasteiger charge is 2.37. The Labute approximate surface area is 129 Å². The van der Waals surface area contributed by atoms with Gasteiger partial charge in [0.25, 0.3) is 0 Å². The summed E-state index contributed by atoms with van der Waals surface area (Å²) in [5, 5.41) is 13.8. The van der Waals surface area contributed by atoms with Crippen LogP contribution in [0.5, 0.6) is 0 Å². The smallest absolute Gasteiger partial charge is 0.114 e. The lowest BCUT2D eigenvalue weighted by Gasteiger charge is -2.33. The van der Waals surface area contributed by atoms with Crippen molar-refractivity contribution in [3.05, 3.63) is 54.0 Å². The molecule has 21 heavy (non-hydrogen) atoms. The van der Waals surface area contributed by atoms with Crippen LogP contribution in [0.2, 0.25) is 0 Å². The second-order valence-corrected chi connectivity index (χ2v) is 6.67. The van der Waals surface area contributed by atoms with Gasteiger partial charge in [0.15, 0.2) is 0 Å². The first-order chi connectivity index (χ1) is 10.2. The number of furan rings is 1. The Morgan fingerprint density at radius 2 is 2.05 bits per heavy atom. The molecule has 1 aliphatic rings. The van der Waals surface area contributed by atoms with Gasteiger partial charge in [-0.2, -0.15) is 0 Å². The summed E-state index contributed by atoms with van der Waals surface area (Å²) < 4.78 is 5.36. The quantitative estimate of drug-likeness (QED) is 0.770. The van der Waals surface area contributed by atoms with Crippen molar-refractivity contribution in [2.45, 2.75) is 36.2 Å². The van der Waals surface area contributed by atoms with Gasteiger partial charge in [-0.05, 0) is 31.4 Å². The number of nitrogens with one attached hydrogen (secondary N) is 1. The van der Waals surface area contributed by atoms with E-state index in [0.717, 1.165) is 22.0 Å². The van der Waals surface area contributed by atoms with Gasteiger partial charge in [0.2, 0.25) is 0 Å². The molecule has 1 atom stereocenters. The maximum Gasteiger partial charge on any atom is 0.114 e. The number of aliphatic hydroxyl groups is 1. The fraction of sp³-hybridized carbons (Fsp3) is 0.412. The molecule has 3 nitrogen and oxygen atoms in total. The fourth-order valence-corrected chi connectivity index (χ4v) is 3.64. The first-order valence-electron chi connectivity index (χ1n) is 7.34. The number of thioether (sulfide) groups is 1. The van der Waals surface area contributed by atoms with Gasteiger partial charge in [-0.1, -0.05) is 30.3 Å². The van der Waals surface area contributed by atoms with Crippen LogP contribution < -0.4 is 5.32 Å². The van der Waals surface area contributed by atoms with E-state index < -0.39 is 5.54 Å². The molecule has 0 spiro atoms. The summed E-state index contributed by atoms with van der Waals surface area (Å²) in [6, 6.07) is 12.8. The monoisotopic (exact) mass is 303 g/mol. The first kappa shape index (κ1) is 14.7. The Hall–Kier alpha value is -1.23. The summed E-state index contributed by atoms with van der Waals surface area (Å²) in [4.78, 5) is 1.14. The summed E-state index contributed by atoms with van der Waals surface area (Å²) >= 11 is 1.73. The lowest BCUT2D eigenvalue weighted by Crippen LogP contribution is -2.49. The number of hydrogen-bond donors (Lipinski definition) is 2. The third kappa shape index (κ3) is 3.34. The minimum atomic E-state index is -0.392. The normalized spacial score (nSPS) is 17.6. The lowest BCUT2D eigenvalue weighted by molar-refractivity contribution is 0.177. The van der Waals surface area contributed by atoms with Gasteiger partial charge in [-0.25, -0.2) is 0 Å². The Bertz CT molecular complexity index is 579. The Balaban J connectivity index is 1.82. The highest BCUT2D eigenvalue weighted by molar-refractivity contribution is 7.99. The average Bonchev–Trinajstić information content (AvgIpc) is 3.25. The molecule has 0 saturated heterocycles. The molecule has 1 unspecified atom stereocenters. The van der Waals surface area contributed by atoms with Gasteiger partial charge < -0.3 is 14.8 Å². The molecule has 0 bridgehead atoms. The summed E-state index contributed by atoms with van der Waals surface area (Å²) in [7, 11) is 0. The van der Waals surface area contributed by atoms with Crippen LogP contribution in [0.4, 0.5) is 0 Å². The van der Waals surface area contributed by atoms with Gasteiger partial charge in [0, 0.05) is 16.7 Å². The van der Waals surface area contributed by atoms with Gasteiger partial charge in [-0.15, -0.1) is 11.8 Å². The van der Waals surface area contributed by atoms with E-state index in [-0.39, 0.29) is 6.61 Å². The first-order valence-corrected chi connectivity index (χ1v) is 8.33. The lowest BCUT2D eigenvalue weighted by atomic mass is 9.92. The molecule has 0 aliphatic heterocycles. The zero-order valence-electron chi connectivity index (χ0n) is 12.2. The van der Waals surface area contributed by atoms with E-state index in [9.17, 15) is 5.11 Å². The molecular weight excluding hydrogens is 282 g/mol. The number of benzene rings is 1. The van der Waals surface area contributed by atoms with E-state index >= 15 is 0 Å². The Kier molecular flexibility index (Phi) is 4.38.